The van der Waals surface area contributed by atoms with Gasteiger partial charge in [0, 0.05) is 18.8 Å². The van der Waals surface area contributed by atoms with Crippen molar-refractivity contribution in [2.45, 2.75) is 18.9 Å². The molecule has 3 rings (SSSR count). The molecule has 1 fully saturated rings. The van der Waals surface area contributed by atoms with Crippen molar-refractivity contribution >= 4 is 17.3 Å². The summed E-state index contributed by atoms with van der Waals surface area (Å²) in [5.74, 6) is 0.0449. The van der Waals surface area contributed by atoms with E-state index >= 15 is 0 Å². The summed E-state index contributed by atoms with van der Waals surface area (Å²) in [7, 11) is 0. The quantitative estimate of drug-likeness (QED) is 0.783. The zero-order valence-corrected chi connectivity index (χ0v) is 9.65. The average molecular weight is 232 g/mol. The summed E-state index contributed by atoms with van der Waals surface area (Å²) in [5, 5.41) is 6.31. The van der Waals surface area contributed by atoms with E-state index in [9.17, 15) is 4.79 Å². The predicted octanol–water partition coefficient (Wildman–Crippen LogP) is 0.592. The van der Waals surface area contributed by atoms with Gasteiger partial charge in [-0.1, -0.05) is 0 Å². The lowest BCUT2D eigenvalue weighted by Crippen LogP contribution is -2.44. The monoisotopic (exact) mass is 232 g/mol. The Balaban J connectivity index is 1.81. The fourth-order valence-electron chi connectivity index (χ4n) is 2.55. The van der Waals surface area contributed by atoms with E-state index in [4.69, 9.17) is 0 Å². The Bertz CT molecular complexity index is 428. The van der Waals surface area contributed by atoms with E-state index in [-0.39, 0.29) is 5.91 Å². The minimum Gasteiger partial charge on any atom is -0.359 e. The molecule has 1 aromatic heterocycles. The van der Waals surface area contributed by atoms with Crippen LogP contribution in [0.4, 0.5) is 11.4 Å². The van der Waals surface area contributed by atoms with Crippen LogP contribution in [0, 0.1) is 0 Å². The average Bonchev–Trinajstić information content (AvgIpc) is 2.81. The van der Waals surface area contributed by atoms with Gasteiger partial charge in [-0.3, -0.25) is 9.78 Å². The van der Waals surface area contributed by atoms with Crippen LogP contribution in [0.1, 0.15) is 12.8 Å². The first kappa shape index (κ1) is 10.5. The van der Waals surface area contributed by atoms with Gasteiger partial charge in [0.25, 0.3) is 0 Å². The van der Waals surface area contributed by atoms with Crippen LogP contribution in [-0.2, 0) is 4.79 Å². The summed E-state index contributed by atoms with van der Waals surface area (Å²) >= 11 is 0. The van der Waals surface area contributed by atoms with Crippen LogP contribution in [-0.4, -0.2) is 36.6 Å². The molecular formula is C12H16N4O. The maximum absolute atomic E-state index is 11.6. The van der Waals surface area contributed by atoms with Crippen molar-refractivity contribution in [3.8, 4) is 0 Å². The molecule has 1 unspecified atom stereocenters. The number of nitrogens with zero attached hydrogens (tertiary/aromatic N) is 2. The number of hydrogen-bond donors (Lipinski definition) is 2. The van der Waals surface area contributed by atoms with E-state index in [0.717, 1.165) is 24.5 Å². The van der Waals surface area contributed by atoms with E-state index < -0.39 is 0 Å². The van der Waals surface area contributed by atoms with Crippen molar-refractivity contribution in [2.75, 3.05) is 29.9 Å². The van der Waals surface area contributed by atoms with E-state index in [1.54, 1.807) is 12.4 Å². The number of amides is 1. The largest absolute Gasteiger partial charge is 0.359 e. The molecule has 0 aromatic carbocycles. The lowest BCUT2D eigenvalue weighted by molar-refractivity contribution is -0.115. The molecule has 2 aliphatic heterocycles. The number of hydrogen-bond acceptors (Lipinski definition) is 4. The number of carbonyl (C=O) groups excluding carboxylic acids is 1. The van der Waals surface area contributed by atoms with Gasteiger partial charge in [-0.15, -0.1) is 0 Å². The first-order valence-corrected chi connectivity index (χ1v) is 6.05. The third-order valence-electron chi connectivity index (χ3n) is 3.35. The fourth-order valence-corrected chi connectivity index (χ4v) is 2.55. The van der Waals surface area contributed by atoms with E-state index in [2.05, 4.69) is 20.5 Å². The topological polar surface area (TPSA) is 57.3 Å². The number of rotatable bonds is 2. The Labute approximate surface area is 100 Å². The van der Waals surface area contributed by atoms with Crippen molar-refractivity contribution < 1.29 is 4.79 Å². The van der Waals surface area contributed by atoms with Crippen LogP contribution in [0.5, 0.6) is 0 Å². The second-order valence-electron chi connectivity index (χ2n) is 4.61. The third kappa shape index (κ3) is 2.10. The summed E-state index contributed by atoms with van der Waals surface area (Å²) in [6.45, 7) is 2.42. The highest BCUT2D eigenvalue weighted by atomic mass is 16.2. The molecular weight excluding hydrogens is 216 g/mol. The molecule has 0 spiro atoms. The SMILES string of the molecule is O=C1CN(CC2CCCN2)c2ccncc2N1. The smallest absolute Gasteiger partial charge is 0.243 e. The molecule has 1 atom stereocenters. The van der Waals surface area contributed by atoms with Crippen molar-refractivity contribution in [1.82, 2.24) is 10.3 Å². The Morgan fingerprint density at radius 1 is 1.53 bits per heavy atom. The molecule has 17 heavy (non-hydrogen) atoms. The molecule has 5 heteroatoms. The zero-order valence-electron chi connectivity index (χ0n) is 9.65. The highest BCUT2D eigenvalue weighted by Crippen LogP contribution is 2.28. The van der Waals surface area contributed by atoms with Crippen molar-refractivity contribution in [2.24, 2.45) is 0 Å². The van der Waals surface area contributed by atoms with Gasteiger partial charge in [-0.25, -0.2) is 0 Å². The Hall–Kier alpha value is -1.62. The second kappa shape index (κ2) is 4.33. The van der Waals surface area contributed by atoms with Gasteiger partial charge in [0.15, 0.2) is 0 Å². The first-order chi connectivity index (χ1) is 8.33. The standard InChI is InChI=1S/C12H16N4O/c17-12-8-16(7-9-2-1-4-14-9)11-3-5-13-6-10(11)15-12/h3,5-6,9,14H,1-2,4,7-8H2,(H,15,17). The highest BCUT2D eigenvalue weighted by molar-refractivity contribution is 6.00. The Morgan fingerprint density at radius 3 is 3.29 bits per heavy atom. The van der Waals surface area contributed by atoms with Crippen LogP contribution in [0.2, 0.25) is 0 Å². The second-order valence-corrected chi connectivity index (χ2v) is 4.61. The van der Waals surface area contributed by atoms with Crippen LogP contribution in [0.3, 0.4) is 0 Å². The van der Waals surface area contributed by atoms with Crippen LogP contribution in [0.25, 0.3) is 0 Å². The highest BCUT2D eigenvalue weighted by Gasteiger charge is 2.25. The molecule has 90 valence electrons. The summed E-state index contributed by atoms with van der Waals surface area (Å²) < 4.78 is 0. The molecule has 0 radical (unpaired) electrons. The van der Waals surface area contributed by atoms with Gasteiger partial charge in [-0.05, 0) is 25.5 Å². The Kier molecular flexibility index (Phi) is 2.68. The normalized spacial score (nSPS) is 23.4. The third-order valence-corrected chi connectivity index (χ3v) is 3.35. The maximum atomic E-state index is 11.6. The van der Waals surface area contributed by atoms with Crippen LogP contribution < -0.4 is 15.5 Å². The molecule has 3 heterocycles. The number of carbonyl (C=O) groups is 1. The molecule has 1 saturated heterocycles. The van der Waals surface area contributed by atoms with E-state index in [1.807, 2.05) is 6.07 Å². The molecule has 5 nitrogen and oxygen atoms in total. The first-order valence-electron chi connectivity index (χ1n) is 6.05. The molecule has 0 aliphatic carbocycles. The minimum atomic E-state index is 0.0449. The predicted molar refractivity (Wildman–Crippen MR) is 66.1 cm³/mol. The van der Waals surface area contributed by atoms with Gasteiger partial charge in [0.2, 0.25) is 5.91 Å². The number of anilines is 2. The molecule has 2 N–H and O–H groups in total. The van der Waals surface area contributed by atoms with E-state index in [1.165, 1.54) is 12.8 Å². The van der Waals surface area contributed by atoms with Crippen molar-refractivity contribution in [1.29, 1.82) is 0 Å². The molecule has 0 saturated carbocycles. The van der Waals surface area contributed by atoms with E-state index in [0.29, 0.717) is 12.6 Å². The lowest BCUT2D eigenvalue weighted by Gasteiger charge is -2.32. The van der Waals surface area contributed by atoms with Gasteiger partial charge < -0.3 is 15.5 Å². The van der Waals surface area contributed by atoms with Crippen molar-refractivity contribution in [3.05, 3.63) is 18.5 Å². The van der Waals surface area contributed by atoms with Gasteiger partial charge in [0.05, 0.1) is 24.1 Å². The van der Waals surface area contributed by atoms with Crippen molar-refractivity contribution in [3.63, 3.8) is 0 Å². The van der Waals surface area contributed by atoms with Crippen LogP contribution >= 0.6 is 0 Å². The number of fused-ring (bicyclic) bond motifs is 1. The summed E-state index contributed by atoms with van der Waals surface area (Å²) in [6.07, 6.45) is 5.90. The molecule has 2 aliphatic rings. The summed E-state index contributed by atoms with van der Waals surface area (Å²) in [5.41, 5.74) is 1.90. The molecule has 1 aromatic rings. The fraction of sp³-hybridized carbons (Fsp3) is 0.500. The zero-order chi connectivity index (χ0) is 11.7. The van der Waals surface area contributed by atoms with Gasteiger partial charge in [-0.2, -0.15) is 0 Å². The lowest BCUT2D eigenvalue weighted by atomic mass is 10.1. The van der Waals surface area contributed by atoms with Gasteiger partial charge in [0.1, 0.15) is 0 Å². The number of pyridine rings is 1. The Morgan fingerprint density at radius 2 is 2.47 bits per heavy atom. The number of aromatic nitrogens is 1. The minimum absolute atomic E-state index is 0.0449. The maximum Gasteiger partial charge on any atom is 0.243 e. The number of nitrogens with one attached hydrogen (secondary N) is 2. The molecule has 1 amide bonds. The van der Waals surface area contributed by atoms with Gasteiger partial charge >= 0.3 is 0 Å². The van der Waals surface area contributed by atoms with Crippen LogP contribution in [0.15, 0.2) is 18.5 Å². The summed E-state index contributed by atoms with van der Waals surface area (Å²) in [4.78, 5) is 17.8. The summed E-state index contributed by atoms with van der Waals surface area (Å²) in [6, 6.07) is 2.46. The molecule has 0 bridgehead atoms.